The third-order valence-electron chi connectivity index (χ3n) is 5.46. The molecule has 29 heavy (non-hydrogen) atoms. The highest BCUT2D eigenvalue weighted by Crippen LogP contribution is 2.36. The molecule has 0 radical (unpaired) electrons. The number of nitrogens with zero attached hydrogens (tertiary/aromatic N) is 3. The first kappa shape index (κ1) is 19.2. The van der Waals surface area contributed by atoms with Crippen LogP contribution in [0.2, 0.25) is 0 Å². The summed E-state index contributed by atoms with van der Waals surface area (Å²) < 4.78 is 1.91. The summed E-state index contributed by atoms with van der Waals surface area (Å²) >= 11 is 0. The second kappa shape index (κ2) is 8.06. The van der Waals surface area contributed by atoms with Crippen LogP contribution in [0, 0.1) is 0 Å². The number of para-hydroxylation sites is 1. The predicted octanol–water partition coefficient (Wildman–Crippen LogP) is 2.73. The molecule has 0 bridgehead atoms. The number of aryl methyl sites for hydroxylation is 2. The van der Waals surface area contributed by atoms with Crippen LogP contribution in [0.3, 0.4) is 0 Å². The van der Waals surface area contributed by atoms with E-state index in [0.29, 0.717) is 24.7 Å². The van der Waals surface area contributed by atoms with Gasteiger partial charge in [0.2, 0.25) is 11.8 Å². The van der Waals surface area contributed by atoms with Gasteiger partial charge in [-0.25, -0.2) is 0 Å². The highest BCUT2D eigenvalue weighted by molar-refractivity contribution is 5.90. The van der Waals surface area contributed by atoms with Crippen molar-refractivity contribution in [2.24, 2.45) is 0 Å². The molecule has 2 aromatic heterocycles. The van der Waals surface area contributed by atoms with Gasteiger partial charge in [0.05, 0.1) is 23.4 Å². The standard InChI is InChI=1S/C21H26N6O2/c1-3-17-16-6-4-5-7-19(16)27(26-17)9-8-21(29)23-20-12-18(24-25-20)14-10-15(11-14)22-13(2)28/h4-7,12,14-15H,3,8-11H2,1-2H3,(H,22,28)(H2,23,24,25,29). The second-order valence-electron chi connectivity index (χ2n) is 7.61. The van der Waals surface area contributed by atoms with Crippen LogP contribution in [0.1, 0.15) is 50.4 Å². The smallest absolute Gasteiger partial charge is 0.227 e. The van der Waals surface area contributed by atoms with E-state index in [-0.39, 0.29) is 17.9 Å². The maximum Gasteiger partial charge on any atom is 0.227 e. The number of H-pyrrole nitrogens is 1. The van der Waals surface area contributed by atoms with Crippen molar-refractivity contribution < 1.29 is 9.59 Å². The van der Waals surface area contributed by atoms with Crippen LogP contribution < -0.4 is 10.6 Å². The number of benzene rings is 1. The summed E-state index contributed by atoms with van der Waals surface area (Å²) in [5.74, 6) is 0.839. The summed E-state index contributed by atoms with van der Waals surface area (Å²) in [5, 5.41) is 18.8. The van der Waals surface area contributed by atoms with E-state index in [1.807, 2.05) is 28.9 Å². The lowest BCUT2D eigenvalue weighted by molar-refractivity contribution is -0.120. The Bertz CT molecular complexity index is 1030. The minimum absolute atomic E-state index is 0.000511. The largest absolute Gasteiger partial charge is 0.354 e. The number of hydrogen-bond acceptors (Lipinski definition) is 4. The third-order valence-corrected chi connectivity index (χ3v) is 5.46. The Balaban J connectivity index is 1.31. The molecule has 0 atom stereocenters. The summed E-state index contributed by atoms with van der Waals surface area (Å²) in [7, 11) is 0. The normalized spacial score (nSPS) is 18.4. The molecule has 1 aliphatic rings. The molecule has 0 spiro atoms. The maximum atomic E-state index is 12.4. The first-order chi connectivity index (χ1) is 14.0. The number of hydrogen-bond donors (Lipinski definition) is 3. The number of amides is 2. The number of carbonyl (C=O) groups excluding carboxylic acids is 2. The van der Waals surface area contributed by atoms with Gasteiger partial charge in [0, 0.05) is 36.8 Å². The van der Waals surface area contributed by atoms with Crippen LogP contribution in [0.4, 0.5) is 5.82 Å². The topological polar surface area (TPSA) is 105 Å². The fourth-order valence-electron chi connectivity index (χ4n) is 3.92. The van der Waals surface area contributed by atoms with Crippen LogP contribution in [-0.4, -0.2) is 37.8 Å². The van der Waals surface area contributed by atoms with Crippen molar-refractivity contribution in [1.29, 1.82) is 0 Å². The van der Waals surface area contributed by atoms with Crippen LogP contribution in [0.5, 0.6) is 0 Å². The van der Waals surface area contributed by atoms with E-state index < -0.39 is 0 Å². The van der Waals surface area contributed by atoms with Crippen LogP contribution in [-0.2, 0) is 22.6 Å². The molecule has 1 fully saturated rings. The van der Waals surface area contributed by atoms with Crippen molar-refractivity contribution in [2.75, 3.05) is 5.32 Å². The average Bonchev–Trinajstić information content (AvgIpc) is 3.27. The van der Waals surface area contributed by atoms with Crippen molar-refractivity contribution in [1.82, 2.24) is 25.3 Å². The Morgan fingerprint density at radius 2 is 2.07 bits per heavy atom. The van der Waals surface area contributed by atoms with Gasteiger partial charge in [-0.3, -0.25) is 19.4 Å². The van der Waals surface area contributed by atoms with Crippen LogP contribution >= 0.6 is 0 Å². The third kappa shape index (κ3) is 4.16. The van der Waals surface area contributed by atoms with Gasteiger partial charge in [0.15, 0.2) is 0 Å². The van der Waals surface area contributed by atoms with Crippen LogP contribution in [0.15, 0.2) is 30.3 Å². The van der Waals surface area contributed by atoms with E-state index >= 15 is 0 Å². The molecule has 1 aliphatic carbocycles. The summed E-state index contributed by atoms with van der Waals surface area (Å²) in [6.45, 7) is 4.14. The quantitative estimate of drug-likeness (QED) is 0.573. The SMILES string of the molecule is CCc1nn(CCC(=O)Nc2cc(C3CC(NC(C)=O)C3)n[nH]2)c2ccccc12. The molecule has 152 valence electrons. The van der Waals surface area contributed by atoms with Gasteiger partial charge in [0.25, 0.3) is 0 Å². The summed E-state index contributed by atoms with van der Waals surface area (Å²) in [6, 6.07) is 10.2. The maximum absolute atomic E-state index is 12.4. The van der Waals surface area contributed by atoms with E-state index in [2.05, 4.69) is 38.9 Å². The Kier molecular flexibility index (Phi) is 5.33. The number of fused-ring (bicyclic) bond motifs is 1. The molecule has 0 saturated heterocycles. The van der Waals surface area contributed by atoms with Gasteiger partial charge in [-0.15, -0.1) is 0 Å². The molecular weight excluding hydrogens is 368 g/mol. The highest BCUT2D eigenvalue weighted by atomic mass is 16.2. The second-order valence-corrected chi connectivity index (χ2v) is 7.61. The fraction of sp³-hybridized carbons (Fsp3) is 0.429. The van der Waals surface area contributed by atoms with Crippen molar-refractivity contribution >= 4 is 28.5 Å². The van der Waals surface area contributed by atoms with Gasteiger partial charge in [-0.05, 0) is 25.3 Å². The van der Waals surface area contributed by atoms with E-state index in [9.17, 15) is 9.59 Å². The number of anilines is 1. The first-order valence-corrected chi connectivity index (χ1v) is 10.1. The van der Waals surface area contributed by atoms with Crippen LogP contribution in [0.25, 0.3) is 10.9 Å². The van der Waals surface area contributed by atoms with Gasteiger partial charge >= 0.3 is 0 Å². The summed E-state index contributed by atoms with van der Waals surface area (Å²) in [4.78, 5) is 23.5. The highest BCUT2D eigenvalue weighted by Gasteiger charge is 2.32. The van der Waals surface area contributed by atoms with Crippen molar-refractivity contribution in [3.8, 4) is 0 Å². The van der Waals surface area contributed by atoms with E-state index in [1.54, 1.807) is 0 Å². The summed E-state index contributed by atoms with van der Waals surface area (Å²) in [5.41, 5.74) is 3.03. The molecule has 8 heteroatoms. The van der Waals surface area contributed by atoms with E-state index in [4.69, 9.17) is 0 Å². The lowest BCUT2D eigenvalue weighted by Crippen LogP contribution is -2.42. The lowest BCUT2D eigenvalue weighted by Gasteiger charge is -2.34. The van der Waals surface area contributed by atoms with Crippen molar-refractivity contribution in [2.45, 2.75) is 58.0 Å². The molecule has 1 saturated carbocycles. The zero-order valence-corrected chi connectivity index (χ0v) is 16.7. The van der Waals surface area contributed by atoms with Gasteiger partial charge in [-0.2, -0.15) is 10.2 Å². The number of carbonyl (C=O) groups is 2. The molecule has 2 amide bonds. The molecule has 0 aliphatic heterocycles. The monoisotopic (exact) mass is 394 g/mol. The number of aromatic amines is 1. The molecule has 4 rings (SSSR count). The summed E-state index contributed by atoms with van der Waals surface area (Å²) in [6.07, 6.45) is 2.95. The molecule has 1 aromatic carbocycles. The van der Waals surface area contributed by atoms with Gasteiger partial charge in [0.1, 0.15) is 5.82 Å². The Hall–Kier alpha value is -3.16. The predicted molar refractivity (Wildman–Crippen MR) is 111 cm³/mol. The van der Waals surface area contributed by atoms with E-state index in [1.165, 1.54) is 6.92 Å². The molecule has 8 nitrogen and oxygen atoms in total. The fourth-order valence-corrected chi connectivity index (χ4v) is 3.92. The Labute approximate surface area is 169 Å². The molecular formula is C21H26N6O2. The van der Waals surface area contributed by atoms with Crippen molar-refractivity contribution in [3.63, 3.8) is 0 Å². The van der Waals surface area contributed by atoms with Gasteiger partial charge < -0.3 is 10.6 Å². The van der Waals surface area contributed by atoms with Crippen molar-refractivity contribution in [3.05, 3.63) is 41.7 Å². The minimum atomic E-state index is -0.0810. The molecule has 2 heterocycles. The number of aromatic nitrogens is 4. The molecule has 3 aromatic rings. The van der Waals surface area contributed by atoms with E-state index in [0.717, 1.165) is 41.6 Å². The van der Waals surface area contributed by atoms with Gasteiger partial charge in [-0.1, -0.05) is 25.1 Å². The zero-order chi connectivity index (χ0) is 20.4. The Morgan fingerprint density at radius 3 is 2.83 bits per heavy atom. The lowest BCUT2D eigenvalue weighted by atomic mass is 9.78. The molecule has 3 N–H and O–H groups in total. The molecule has 0 unspecified atom stereocenters. The zero-order valence-electron chi connectivity index (χ0n) is 16.7. The number of rotatable bonds is 7. The average molecular weight is 394 g/mol. The first-order valence-electron chi connectivity index (χ1n) is 10.1. The number of nitrogens with one attached hydrogen (secondary N) is 3. The Morgan fingerprint density at radius 1 is 1.28 bits per heavy atom. The minimum Gasteiger partial charge on any atom is -0.354 e.